The zero-order chi connectivity index (χ0) is 14.7. The minimum atomic E-state index is -3.58. The summed E-state index contributed by atoms with van der Waals surface area (Å²) in [4.78, 5) is 4.11. The van der Waals surface area contributed by atoms with Crippen molar-refractivity contribution >= 4 is 21.4 Å². The molecule has 0 bridgehead atoms. The summed E-state index contributed by atoms with van der Waals surface area (Å²) in [5.74, 6) is 0.641. The Morgan fingerprint density at radius 3 is 2.95 bits per heavy atom. The highest BCUT2D eigenvalue weighted by molar-refractivity contribution is 7.89. The number of aromatic nitrogens is 1. The first-order chi connectivity index (χ1) is 10.1. The molecular weight excluding hydrogens is 310 g/mol. The number of sulfonamides is 1. The molecule has 21 heavy (non-hydrogen) atoms. The van der Waals surface area contributed by atoms with Gasteiger partial charge in [0.2, 0.25) is 5.09 Å². The molecule has 1 aliphatic rings. The Balaban J connectivity index is 1.53. The Morgan fingerprint density at radius 2 is 2.24 bits per heavy atom. The molecule has 0 amide bonds. The van der Waals surface area contributed by atoms with Gasteiger partial charge in [0, 0.05) is 30.6 Å². The number of furan rings is 1. The highest BCUT2D eigenvalue weighted by atomic mass is 32.2. The van der Waals surface area contributed by atoms with Crippen molar-refractivity contribution in [2.75, 3.05) is 6.54 Å². The summed E-state index contributed by atoms with van der Waals surface area (Å²) >= 11 is 1.51. The molecule has 2 heterocycles. The second kappa shape index (κ2) is 6.27. The first-order valence-corrected chi connectivity index (χ1v) is 9.20. The smallest absolute Gasteiger partial charge is 0.273 e. The fourth-order valence-electron chi connectivity index (χ4n) is 1.87. The molecule has 6 nitrogen and oxygen atoms in total. The largest absolute Gasteiger partial charge is 0.447 e. The van der Waals surface area contributed by atoms with Crippen LogP contribution in [0.5, 0.6) is 0 Å². The van der Waals surface area contributed by atoms with E-state index in [0.29, 0.717) is 31.3 Å². The molecule has 0 unspecified atom stereocenters. The second-order valence-corrected chi connectivity index (χ2v) is 7.63. The lowest BCUT2D eigenvalue weighted by Crippen LogP contribution is -2.25. The number of hydrogen-bond acceptors (Lipinski definition) is 6. The Kier molecular flexibility index (Phi) is 4.39. The Morgan fingerprint density at radius 1 is 1.38 bits per heavy atom. The van der Waals surface area contributed by atoms with E-state index >= 15 is 0 Å². The Bertz CT molecular complexity index is 675. The molecule has 0 aliphatic heterocycles. The Labute approximate surface area is 127 Å². The van der Waals surface area contributed by atoms with Crippen LogP contribution >= 0.6 is 11.3 Å². The highest BCUT2D eigenvalue weighted by Gasteiger charge is 2.22. The monoisotopic (exact) mass is 327 g/mol. The van der Waals surface area contributed by atoms with E-state index in [0.717, 1.165) is 5.01 Å². The van der Waals surface area contributed by atoms with Crippen LogP contribution in [0.4, 0.5) is 0 Å². The third-order valence-corrected chi connectivity index (χ3v) is 5.33. The van der Waals surface area contributed by atoms with Crippen LogP contribution in [-0.4, -0.2) is 26.0 Å². The van der Waals surface area contributed by atoms with Crippen molar-refractivity contribution in [3.05, 3.63) is 34.5 Å². The zero-order valence-corrected chi connectivity index (χ0v) is 13.0. The molecule has 0 saturated heterocycles. The van der Waals surface area contributed by atoms with Crippen LogP contribution in [0.1, 0.15) is 23.6 Å². The van der Waals surface area contributed by atoms with Crippen LogP contribution in [-0.2, 0) is 23.0 Å². The molecule has 3 rings (SSSR count). The van der Waals surface area contributed by atoms with Crippen LogP contribution in [0.2, 0.25) is 0 Å². The molecule has 8 heteroatoms. The van der Waals surface area contributed by atoms with Crippen molar-refractivity contribution in [2.24, 2.45) is 0 Å². The number of thiazole rings is 1. The molecule has 0 spiro atoms. The topological polar surface area (TPSA) is 84.2 Å². The average Bonchev–Trinajstić information content (AvgIpc) is 2.93. The van der Waals surface area contributed by atoms with Crippen molar-refractivity contribution in [3.63, 3.8) is 0 Å². The van der Waals surface area contributed by atoms with E-state index in [1.165, 1.54) is 30.2 Å². The lowest BCUT2D eigenvalue weighted by Gasteiger charge is -2.03. The predicted octanol–water partition coefficient (Wildman–Crippen LogP) is 1.51. The van der Waals surface area contributed by atoms with Crippen LogP contribution in [0.25, 0.3) is 0 Å². The first kappa shape index (κ1) is 14.7. The van der Waals surface area contributed by atoms with E-state index in [1.54, 1.807) is 12.3 Å². The third-order valence-electron chi connectivity index (χ3n) is 3.16. The molecule has 0 atom stereocenters. The van der Waals surface area contributed by atoms with E-state index in [9.17, 15) is 8.42 Å². The van der Waals surface area contributed by atoms with Gasteiger partial charge in [-0.1, -0.05) is 0 Å². The third kappa shape index (κ3) is 4.13. The fraction of sp³-hybridized carbons (Fsp3) is 0.462. The van der Waals surface area contributed by atoms with Crippen molar-refractivity contribution in [1.29, 1.82) is 0 Å². The SMILES string of the molecule is O=S(=O)(NCCc1nccs1)c1ccc(CNC2CC2)o1. The molecule has 1 fully saturated rings. The summed E-state index contributed by atoms with van der Waals surface area (Å²) in [6, 6.07) is 3.76. The van der Waals surface area contributed by atoms with Crippen molar-refractivity contribution in [2.45, 2.75) is 36.9 Å². The van der Waals surface area contributed by atoms with Gasteiger partial charge in [0.25, 0.3) is 10.0 Å². The van der Waals surface area contributed by atoms with Crippen LogP contribution < -0.4 is 10.0 Å². The summed E-state index contributed by atoms with van der Waals surface area (Å²) in [5, 5.41) is 6.03. The van der Waals surface area contributed by atoms with Gasteiger partial charge in [-0.15, -0.1) is 11.3 Å². The number of nitrogens with one attached hydrogen (secondary N) is 2. The van der Waals surface area contributed by atoms with E-state index in [-0.39, 0.29) is 5.09 Å². The Hall–Kier alpha value is -1.22. The summed E-state index contributed by atoms with van der Waals surface area (Å²) in [5.41, 5.74) is 0. The molecule has 1 saturated carbocycles. The normalized spacial score (nSPS) is 15.4. The number of rotatable bonds is 8. The number of nitrogens with zero attached hydrogens (tertiary/aromatic N) is 1. The van der Waals surface area contributed by atoms with Gasteiger partial charge in [-0.05, 0) is 25.0 Å². The van der Waals surface area contributed by atoms with Crippen molar-refractivity contribution < 1.29 is 12.8 Å². The van der Waals surface area contributed by atoms with E-state index < -0.39 is 10.0 Å². The van der Waals surface area contributed by atoms with Gasteiger partial charge in [0.15, 0.2) is 0 Å². The predicted molar refractivity (Wildman–Crippen MR) is 79.6 cm³/mol. The molecule has 114 valence electrons. The summed E-state index contributed by atoms with van der Waals surface area (Å²) in [6.07, 6.45) is 4.65. The minimum absolute atomic E-state index is 0.0331. The molecule has 0 radical (unpaired) electrons. The maximum Gasteiger partial charge on any atom is 0.273 e. The maximum absolute atomic E-state index is 12.1. The van der Waals surface area contributed by atoms with Crippen LogP contribution in [0.3, 0.4) is 0 Å². The van der Waals surface area contributed by atoms with E-state index in [1.807, 2.05) is 5.38 Å². The van der Waals surface area contributed by atoms with Gasteiger partial charge in [-0.2, -0.15) is 0 Å². The summed E-state index contributed by atoms with van der Waals surface area (Å²) < 4.78 is 32.1. The number of hydrogen-bond donors (Lipinski definition) is 2. The van der Waals surface area contributed by atoms with Gasteiger partial charge < -0.3 is 9.73 Å². The van der Waals surface area contributed by atoms with Crippen LogP contribution in [0, 0.1) is 0 Å². The molecule has 2 aromatic rings. The summed E-state index contributed by atoms with van der Waals surface area (Å²) in [6.45, 7) is 0.880. The lowest BCUT2D eigenvalue weighted by atomic mass is 10.4. The zero-order valence-electron chi connectivity index (χ0n) is 11.4. The van der Waals surface area contributed by atoms with E-state index in [2.05, 4.69) is 15.0 Å². The van der Waals surface area contributed by atoms with Gasteiger partial charge in [-0.3, -0.25) is 0 Å². The maximum atomic E-state index is 12.1. The molecule has 2 N–H and O–H groups in total. The molecule has 2 aromatic heterocycles. The highest BCUT2D eigenvalue weighted by Crippen LogP contribution is 2.20. The first-order valence-electron chi connectivity index (χ1n) is 6.83. The fourth-order valence-corrected chi connectivity index (χ4v) is 3.47. The second-order valence-electron chi connectivity index (χ2n) is 4.95. The van der Waals surface area contributed by atoms with Gasteiger partial charge in [0.1, 0.15) is 5.76 Å². The van der Waals surface area contributed by atoms with E-state index in [4.69, 9.17) is 4.42 Å². The quantitative estimate of drug-likeness (QED) is 0.768. The molecule has 1 aliphatic carbocycles. The van der Waals surface area contributed by atoms with Gasteiger partial charge in [0.05, 0.1) is 11.6 Å². The van der Waals surface area contributed by atoms with Crippen LogP contribution in [0.15, 0.2) is 33.2 Å². The van der Waals surface area contributed by atoms with Crippen molar-refractivity contribution in [3.8, 4) is 0 Å². The van der Waals surface area contributed by atoms with Gasteiger partial charge in [-0.25, -0.2) is 18.1 Å². The lowest BCUT2D eigenvalue weighted by molar-refractivity contribution is 0.399. The molecular formula is C13H17N3O3S2. The molecule has 0 aromatic carbocycles. The standard InChI is InChI=1S/C13H17N3O3S2/c17-21(18,16-6-5-12-14-7-8-20-12)13-4-3-11(19-13)9-15-10-1-2-10/h3-4,7-8,10,15-16H,1-2,5-6,9H2. The van der Waals surface area contributed by atoms with Crippen molar-refractivity contribution in [1.82, 2.24) is 15.0 Å². The minimum Gasteiger partial charge on any atom is -0.447 e. The summed E-state index contributed by atoms with van der Waals surface area (Å²) in [7, 11) is -3.58. The average molecular weight is 327 g/mol. The van der Waals surface area contributed by atoms with Gasteiger partial charge >= 0.3 is 0 Å².